The molecule has 0 saturated carbocycles. The van der Waals surface area contributed by atoms with Crippen molar-refractivity contribution in [3.8, 4) is 5.75 Å². The molecular weight excluding hydrogens is 242 g/mol. The molecule has 1 aromatic carbocycles. The van der Waals surface area contributed by atoms with Crippen molar-refractivity contribution in [3.63, 3.8) is 0 Å². The standard InChI is InChI=1S/C12H16ClNO3/c1-8(14)5-9-6-10(13)3-4-11(9)17-7-12(15)16-2/h3-4,6,8H,5,7,14H2,1-2H3. The van der Waals surface area contributed by atoms with Crippen molar-refractivity contribution in [1.29, 1.82) is 0 Å². The number of carbonyl (C=O) groups is 1. The summed E-state index contributed by atoms with van der Waals surface area (Å²) >= 11 is 5.90. The second-order valence-corrected chi connectivity index (χ2v) is 4.23. The van der Waals surface area contributed by atoms with Gasteiger partial charge in [-0.3, -0.25) is 0 Å². The van der Waals surface area contributed by atoms with Crippen LogP contribution in [0.15, 0.2) is 18.2 Å². The van der Waals surface area contributed by atoms with E-state index < -0.39 is 5.97 Å². The Morgan fingerprint density at radius 1 is 1.53 bits per heavy atom. The second-order valence-electron chi connectivity index (χ2n) is 3.80. The Kier molecular flexibility index (Phi) is 5.25. The number of esters is 1. The Morgan fingerprint density at radius 2 is 2.24 bits per heavy atom. The first kappa shape index (κ1) is 13.8. The van der Waals surface area contributed by atoms with Crippen molar-refractivity contribution < 1.29 is 14.3 Å². The van der Waals surface area contributed by atoms with Gasteiger partial charge in [-0.05, 0) is 37.1 Å². The highest BCUT2D eigenvalue weighted by Crippen LogP contribution is 2.24. The number of halogens is 1. The van der Waals surface area contributed by atoms with Crippen LogP contribution in [0.3, 0.4) is 0 Å². The molecule has 0 saturated heterocycles. The molecule has 0 aliphatic rings. The highest BCUT2D eigenvalue weighted by Gasteiger charge is 2.09. The third-order valence-corrected chi connectivity index (χ3v) is 2.37. The topological polar surface area (TPSA) is 61.5 Å². The molecule has 2 N–H and O–H groups in total. The van der Waals surface area contributed by atoms with Gasteiger partial charge < -0.3 is 15.2 Å². The van der Waals surface area contributed by atoms with Gasteiger partial charge in [-0.2, -0.15) is 0 Å². The maximum absolute atomic E-state index is 11.0. The van der Waals surface area contributed by atoms with E-state index in [1.165, 1.54) is 7.11 Å². The van der Waals surface area contributed by atoms with E-state index in [2.05, 4.69) is 4.74 Å². The van der Waals surface area contributed by atoms with Crippen molar-refractivity contribution in [2.75, 3.05) is 13.7 Å². The maximum atomic E-state index is 11.0. The molecule has 1 atom stereocenters. The minimum Gasteiger partial charge on any atom is -0.482 e. The molecule has 0 spiro atoms. The van der Waals surface area contributed by atoms with Gasteiger partial charge in [0.25, 0.3) is 0 Å². The number of hydrogen-bond acceptors (Lipinski definition) is 4. The van der Waals surface area contributed by atoms with Crippen LogP contribution in [0.2, 0.25) is 5.02 Å². The maximum Gasteiger partial charge on any atom is 0.343 e. The molecule has 4 nitrogen and oxygen atoms in total. The molecule has 0 heterocycles. The smallest absolute Gasteiger partial charge is 0.343 e. The van der Waals surface area contributed by atoms with Crippen LogP contribution in [0.5, 0.6) is 5.75 Å². The Bertz CT molecular complexity index is 393. The third-order valence-electron chi connectivity index (χ3n) is 2.14. The molecule has 1 rings (SSSR count). The van der Waals surface area contributed by atoms with Crippen molar-refractivity contribution in [1.82, 2.24) is 0 Å². The lowest BCUT2D eigenvalue weighted by atomic mass is 10.1. The van der Waals surface area contributed by atoms with Crippen molar-refractivity contribution in [2.24, 2.45) is 5.73 Å². The SMILES string of the molecule is COC(=O)COc1ccc(Cl)cc1CC(C)N. The Morgan fingerprint density at radius 3 is 2.82 bits per heavy atom. The number of carbonyl (C=O) groups excluding carboxylic acids is 1. The average molecular weight is 258 g/mol. The first-order chi connectivity index (χ1) is 8.02. The molecule has 17 heavy (non-hydrogen) atoms. The van der Waals surface area contributed by atoms with Crippen LogP contribution in [0.1, 0.15) is 12.5 Å². The summed E-state index contributed by atoms with van der Waals surface area (Å²) in [7, 11) is 1.32. The van der Waals surface area contributed by atoms with Gasteiger partial charge in [0.05, 0.1) is 7.11 Å². The molecule has 0 aromatic heterocycles. The molecule has 0 aliphatic heterocycles. The summed E-state index contributed by atoms with van der Waals surface area (Å²) in [6, 6.07) is 5.22. The van der Waals surface area contributed by atoms with E-state index in [-0.39, 0.29) is 12.6 Å². The van der Waals surface area contributed by atoms with Gasteiger partial charge in [-0.15, -0.1) is 0 Å². The first-order valence-corrected chi connectivity index (χ1v) is 5.64. The fourth-order valence-corrected chi connectivity index (χ4v) is 1.59. The molecule has 1 unspecified atom stereocenters. The number of ether oxygens (including phenoxy) is 2. The summed E-state index contributed by atoms with van der Waals surface area (Å²) in [6.45, 7) is 1.77. The number of benzene rings is 1. The van der Waals surface area contributed by atoms with Crippen LogP contribution in [-0.4, -0.2) is 25.7 Å². The van der Waals surface area contributed by atoms with Crippen molar-refractivity contribution in [2.45, 2.75) is 19.4 Å². The van der Waals surface area contributed by atoms with E-state index in [4.69, 9.17) is 22.1 Å². The lowest BCUT2D eigenvalue weighted by Crippen LogP contribution is -2.19. The van der Waals surface area contributed by atoms with E-state index >= 15 is 0 Å². The van der Waals surface area contributed by atoms with Gasteiger partial charge >= 0.3 is 5.97 Å². The molecule has 0 bridgehead atoms. The van der Waals surface area contributed by atoms with Crippen LogP contribution in [0.4, 0.5) is 0 Å². The normalized spacial score (nSPS) is 12.0. The number of nitrogens with two attached hydrogens (primary N) is 1. The highest BCUT2D eigenvalue weighted by molar-refractivity contribution is 6.30. The fourth-order valence-electron chi connectivity index (χ4n) is 1.39. The quantitative estimate of drug-likeness (QED) is 0.817. The lowest BCUT2D eigenvalue weighted by Gasteiger charge is -2.12. The lowest BCUT2D eigenvalue weighted by molar-refractivity contribution is -0.142. The minimum absolute atomic E-state index is 0.00561. The zero-order chi connectivity index (χ0) is 12.8. The van der Waals surface area contributed by atoms with Crippen molar-refractivity contribution in [3.05, 3.63) is 28.8 Å². The Hall–Kier alpha value is -1.26. The summed E-state index contributed by atoms with van der Waals surface area (Å²) in [5.41, 5.74) is 6.62. The second kappa shape index (κ2) is 6.47. The van der Waals surface area contributed by atoms with Crippen LogP contribution >= 0.6 is 11.6 Å². The van der Waals surface area contributed by atoms with Gasteiger partial charge in [-0.25, -0.2) is 4.79 Å². The summed E-state index contributed by atoms with van der Waals surface area (Å²) in [5.74, 6) is 0.184. The van der Waals surface area contributed by atoms with Crippen molar-refractivity contribution >= 4 is 17.6 Å². The summed E-state index contributed by atoms with van der Waals surface area (Å²) in [5, 5.41) is 0.617. The summed E-state index contributed by atoms with van der Waals surface area (Å²) in [6.07, 6.45) is 0.636. The monoisotopic (exact) mass is 257 g/mol. The van der Waals surface area contributed by atoms with E-state index in [0.717, 1.165) is 5.56 Å². The van der Waals surface area contributed by atoms with E-state index in [1.54, 1.807) is 18.2 Å². The van der Waals surface area contributed by atoms with Crippen LogP contribution in [-0.2, 0) is 16.0 Å². The number of rotatable bonds is 5. The Balaban J connectivity index is 2.78. The predicted molar refractivity (Wildman–Crippen MR) is 66.3 cm³/mol. The van der Waals surface area contributed by atoms with Gasteiger partial charge in [0.15, 0.2) is 6.61 Å². The molecular formula is C12H16ClNO3. The van der Waals surface area contributed by atoms with E-state index in [9.17, 15) is 4.79 Å². The molecule has 94 valence electrons. The number of hydrogen-bond donors (Lipinski definition) is 1. The van der Waals surface area contributed by atoms with Gasteiger partial charge in [0.2, 0.25) is 0 Å². The van der Waals surface area contributed by atoms with Crippen LogP contribution in [0.25, 0.3) is 0 Å². The molecule has 5 heteroatoms. The predicted octanol–water partition coefficient (Wildman–Crippen LogP) is 1.78. The molecule has 1 aromatic rings. The summed E-state index contributed by atoms with van der Waals surface area (Å²) in [4.78, 5) is 11.0. The van der Waals surface area contributed by atoms with Crippen LogP contribution in [0, 0.1) is 0 Å². The van der Waals surface area contributed by atoms with Gasteiger partial charge in [0.1, 0.15) is 5.75 Å². The zero-order valence-corrected chi connectivity index (χ0v) is 10.7. The molecule has 0 fully saturated rings. The van der Waals surface area contributed by atoms with E-state index in [0.29, 0.717) is 17.2 Å². The van der Waals surface area contributed by atoms with Gasteiger partial charge in [0, 0.05) is 11.1 Å². The minimum atomic E-state index is -0.424. The van der Waals surface area contributed by atoms with E-state index in [1.807, 2.05) is 6.92 Å². The zero-order valence-electron chi connectivity index (χ0n) is 9.90. The molecule has 0 radical (unpaired) electrons. The highest BCUT2D eigenvalue weighted by atomic mass is 35.5. The number of methoxy groups -OCH3 is 1. The largest absolute Gasteiger partial charge is 0.482 e. The summed E-state index contributed by atoms with van der Waals surface area (Å²) < 4.78 is 9.86. The molecule has 0 amide bonds. The first-order valence-electron chi connectivity index (χ1n) is 5.26. The average Bonchev–Trinajstić information content (AvgIpc) is 2.26. The Labute approximate surface area is 106 Å². The third kappa shape index (κ3) is 4.63. The van der Waals surface area contributed by atoms with Gasteiger partial charge in [-0.1, -0.05) is 11.6 Å². The van der Waals surface area contributed by atoms with Crippen LogP contribution < -0.4 is 10.5 Å². The fraction of sp³-hybridized carbons (Fsp3) is 0.417. The molecule has 0 aliphatic carbocycles.